The van der Waals surface area contributed by atoms with Crippen LogP contribution in [0.1, 0.15) is 11.3 Å². The lowest BCUT2D eigenvalue weighted by Crippen LogP contribution is -2.10. The van der Waals surface area contributed by atoms with Gasteiger partial charge in [-0.25, -0.2) is 9.97 Å². The first-order valence-electron chi connectivity index (χ1n) is 7.91. The van der Waals surface area contributed by atoms with Gasteiger partial charge in [-0.05, 0) is 11.6 Å². The highest BCUT2D eigenvalue weighted by Gasteiger charge is 2.17. The quantitative estimate of drug-likeness (QED) is 0.617. The predicted octanol–water partition coefficient (Wildman–Crippen LogP) is 2.06. The van der Waals surface area contributed by atoms with E-state index in [1.807, 2.05) is 43.7 Å². The van der Waals surface area contributed by atoms with Crippen LogP contribution in [0.2, 0.25) is 0 Å². The number of fused-ring (bicyclic) bond motifs is 1. The Kier molecular flexibility index (Phi) is 3.61. The Labute approximate surface area is 144 Å². The molecule has 0 aliphatic rings. The minimum atomic E-state index is 0.277. The molecule has 126 valence electrons. The van der Waals surface area contributed by atoms with Crippen LogP contribution in [0.15, 0.2) is 48.8 Å². The molecule has 3 heterocycles. The molecule has 7 nitrogen and oxygen atoms in total. The maximum atomic E-state index is 5.93. The first-order chi connectivity index (χ1) is 12.2. The Bertz CT molecular complexity index is 1030. The summed E-state index contributed by atoms with van der Waals surface area (Å²) in [6.45, 7) is 0. The van der Waals surface area contributed by atoms with E-state index in [4.69, 9.17) is 15.6 Å². The van der Waals surface area contributed by atoms with Gasteiger partial charge in [-0.15, -0.1) is 4.73 Å². The first-order valence-corrected chi connectivity index (χ1v) is 7.91. The number of benzene rings is 1. The van der Waals surface area contributed by atoms with Gasteiger partial charge >= 0.3 is 0 Å². The lowest BCUT2D eigenvalue weighted by molar-refractivity contribution is 0.181. The normalized spacial score (nSPS) is 11.1. The van der Waals surface area contributed by atoms with Gasteiger partial charge in [-0.3, -0.25) is 4.68 Å². The van der Waals surface area contributed by atoms with Gasteiger partial charge < -0.3 is 10.6 Å². The molecule has 0 amide bonds. The molecule has 2 N–H and O–H groups in total. The van der Waals surface area contributed by atoms with Crippen molar-refractivity contribution in [3.05, 3.63) is 60.0 Å². The van der Waals surface area contributed by atoms with Crippen LogP contribution in [-0.4, -0.2) is 31.6 Å². The Morgan fingerprint density at radius 2 is 1.96 bits per heavy atom. The standard InChI is InChI=1S/C18H18N6O/c1-23-11-13(10-20-23)14-9-16-17(24(25-2)18(19)22-16)21-15(14)8-12-6-4-3-5-7-12/h3-7,9-11H,8H2,1-2H3,(H2,19,22). The molecule has 0 atom stereocenters. The van der Waals surface area contributed by atoms with Crippen molar-refractivity contribution in [1.29, 1.82) is 0 Å². The summed E-state index contributed by atoms with van der Waals surface area (Å²) in [5, 5.41) is 4.27. The zero-order chi connectivity index (χ0) is 17.4. The highest BCUT2D eigenvalue weighted by Crippen LogP contribution is 2.28. The smallest absolute Gasteiger partial charge is 0.237 e. The van der Waals surface area contributed by atoms with Gasteiger partial charge in [0.05, 0.1) is 11.9 Å². The second-order valence-corrected chi connectivity index (χ2v) is 5.84. The predicted molar refractivity (Wildman–Crippen MR) is 95.9 cm³/mol. The molecule has 4 aromatic rings. The molecule has 0 bridgehead atoms. The number of aryl methyl sites for hydroxylation is 1. The summed E-state index contributed by atoms with van der Waals surface area (Å²) in [6.07, 6.45) is 4.48. The molecule has 0 spiro atoms. The Morgan fingerprint density at radius 1 is 1.16 bits per heavy atom. The van der Waals surface area contributed by atoms with Gasteiger partial charge in [0.2, 0.25) is 5.95 Å². The van der Waals surface area contributed by atoms with Crippen LogP contribution in [0.4, 0.5) is 5.95 Å². The van der Waals surface area contributed by atoms with Crippen molar-refractivity contribution in [1.82, 2.24) is 24.5 Å². The lowest BCUT2D eigenvalue weighted by Gasteiger charge is -2.09. The summed E-state index contributed by atoms with van der Waals surface area (Å²) in [7, 11) is 3.44. The van der Waals surface area contributed by atoms with Gasteiger partial charge in [-0.1, -0.05) is 30.3 Å². The molecule has 0 unspecified atom stereocenters. The molecule has 0 saturated carbocycles. The molecular weight excluding hydrogens is 316 g/mol. The highest BCUT2D eigenvalue weighted by atomic mass is 16.6. The van der Waals surface area contributed by atoms with Crippen LogP contribution in [0.5, 0.6) is 0 Å². The summed E-state index contributed by atoms with van der Waals surface area (Å²) >= 11 is 0. The van der Waals surface area contributed by atoms with Gasteiger partial charge in [-0.2, -0.15) is 5.10 Å². The van der Waals surface area contributed by atoms with E-state index in [0.29, 0.717) is 17.6 Å². The topological polar surface area (TPSA) is 83.8 Å². The van der Waals surface area contributed by atoms with Crippen molar-refractivity contribution in [2.75, 3.05) is 12.8 Å². The average molecular weight is 334 g/mol. The number of nitrogens with zero attached hydrogens (tertiary/aromatic N) is 5. The van der Waals surface area contributed by atoms with E-state index >= 15 is 0 Å². The SMILES string of the molecule is COn1c(N)nc2cc(-c3cnn(C)c3)c(Cc3ccccc3)nc21. The van der Waals surface area contributed by atoms with E-state index in [-0.39, 0.29) is 5.95 Å². The van der Waals surface area contributed by atoms with Crippen molar-refractivity contribution < 1.29 is 4.84 Å². The van der Waals surface area contributed by atoms with Crippen molar-refractivity contribution in [2.24, 2.45) is 7.05 Å². The zero-order valence-electron chi connectivity index (χ0n) is 14.0. The molecule has 0 aliphatic heterocycles. The summed E-state index contributed by atoms with van der Waals surface area (Å²) in [5.41, 5.74) is 11.3. The van der Waals surface area contributed by atoms with Crippen LogP contribution in [0.25, 0.3) is 22.3 Å². The molecule has 7 heteroatoms. The minimum absolute atomic E-state index is 0.277. The Balaban J connectivity index is 1.92. The molecular formula is C18H18N6O. The number of nitrogen functional groups attached to an aromatic ring is 1. The number of pyridine rings is 1. The van der Waals surface area contributed by atoms with Crippen molar-refractivity contribution in [3.63, 3.8) is 0 Å². The van der Waals surface area contributed by atoms with Crippen LogP contribution >= 0.6 is 0 Å². The van der Waals surface area contributed by atoms with Crippen molar-refractivity contribution >= 4 is 17.1 Å². The molecule has 0 radical (unpaired) electrons. The zero-order valence-corrected chi connectivity index (χ0v) is 14.0. The summed E-state index contributed by atoms with van der Waals surface area (Å²) in [5.74, 6) is 0.277. The number of hydrogen-bond acceptors (Lipinski definition) is 5. The molecule has 0 saturated heterocycles. The van der Waals surface area contributed by atoms with Gasteiger partial charge in [0.25, 0.3) is 0 Å². The lowest BCUT2D eigenvalue weighted by atomic mass is 10.0. The summed E-state index contributed by atoms with van der Waals surface area (Å²) < 4.78 is 3.21. The average Bonchev–Trinajstić information content (AvgIpc) is 3.17. The molecule has 4 rings (SSSR count). The number of rotatable bonds is 4. The third-order valence-electron chi connectivity index (χ3n) is 4.11. The van der Waals surface area contributed by atoms with Crippen molar-refractivity contribution in [2.45, 2.75) is 6.42 Å². The third-order valence-corrected chi connectivity index (χ3v) is 4.11. The first kappa shape index (κ1) is 15.2. The van der Waals surface area contributed by atoms with E-state index in [0.717, 1.165) is 16.8 Å². The van der Waals surface area contributed by atoms with Gasteiger partial charge in [0, 0.05) is 30.8 Å². The van der Waals surface area contributed by atoms with E-state index in [1.165, 1.54) is 10.3 Å². The summed E-state index contributed by atoms with van der Waals surface area (Å²) in [4.78, 5) is 14.5. The fourth-order valence-electron chi connectivity index (χ4n) is 2.95. The van der Waals surface area contributed by atoms with Crippen LogP contribution in [0.3, 0.4) is 0 Å². The molecule has 1 aromatic carbocycles. The number of anilines is 1. The number of aromatic nitrogens is 5. The van der Waals surface area contributed by atoms with E-state index < -0.39 is 0 Å². The van der Waals surface area contributed by atoms with Gasteiger partial charge in [0.15, 0.2) is 5.65 Å². The highest BCUT2D eigenvalue weighted by molar-refractivity contribution is 5.81. The van der Waals surface area contributed by atoms with E-state index in [2.05, 4.69) is 22.2 Å². The Hall–Kier alpha value is -3.35. The third kappa shape index (κ3) is 2.69. The number of nitrogens with two attached hydrogens (primary N) is 1. The molecule has 0 fully saturated rings. The largest absolute Gasteiger partial charge is 0.412 e. The van der Waals surface area contributed by atoms with E-state index in [1.54, 1.807) is 11.8 Å². The molecule has 25 heavy (non-hydrogen) atoms. The maximum Gasteiger partial charge on any atom is 0.237 e. The summed E-state index contributed by atoms with van der Waals surface area (Å²) in [6, 6.07) is 12.2. The fourth-order valence-corrected chi connectivity index (χ4v) is 2.95. The minimum Gasteiger partial charge on any atom is -0.412 e. The Morgan fingerprint density at radius 3 is 2.64 bits per heavy atom. The van der Waals surface area contributed by atoms with Crippen LogP contribution in [-0.2, 0) is 13.5 Å². The van der Waals surface area contributed by atoms with Crippen LogP contribution < -0.4 is 10.6 Å². The molecule has 3 aromatic heterocycles. The molecule has 0 aliphatic carbocycles. The maximum absolute atomic E-state index is 5.93. The number of imidazole rings is 1. The fraction of sp³-hybridized carbons (Fsp3) is 0.167. The second kappa shape index (κ2) is 5.94. The van der Waals surface area contributed by atoms with Crippen molar-refractivity contribution in [3.8, 4) is 11.1 Å². The monoisotopic (exact) mass is 334 g/mol. The van der Waals surface area contributed by atoms with E-state index in [9.17, 15) is 0 Å². The van der Waals surface area contributed by atoms with Crippen LogP contribution in [0, 0.1) is 0 Å². The number of hydrogen-bond donors (Lipinski definition) is 1. The van der Waals surface area contributed by atoms with Gasteiger partial charge in [0.1, 0.15) is 12.6 Å². The second-order valence-electron chi connectivity index (χ2n) is 5.84.